The fourth-order valence-electron chi connectivity index (χ4n) is 3.70. The number of nitrogens with zero attached hydrogens (tertiary/aromatic N) is 2. The second-order valence-electron chi connectivity index (χ2n) is 7.31. The number of hydrogen-bond acceptors (Lipinski definition) is 5. The van der Waals surface area contributed by atoms with Crippen LogP contribution in [0.4, 0.5) is 0 Å². The zero-order chi connectivity index (χ0) is 18.7. The van der Waals surface area contributed by atoms with Crippen molar-refractivity contribution in [2.75, 3.05) is 52.2 Å². The summed E-state index contributed by atoms with van der Waals surface area (Å²) in [6.07, 6.45) is 9.68. The van der Waals surface area contributed by atoms with E-state index in [9.17, 15) is 0 Å². The Bertz CT molecular complexity index is 552. The fourth-order valence-corrected chi connectivity index (χ4v) is 4.50. The van der Waals surface area contributed by atoms with Crippen LogP contribution in [0, 0.1) is 0 Å². The van der Waals surface area contributed by atoms with Gasteiger partial charge in [-0.1, -0.05) is 0 Å². The minimum Gasteiger partial charge on any atom is -0.469 e. The molecule has 2 unspecified atom stereocenters. The highest BCUT2D eigenvalue weighted by Gasteiger charge is 2.24. The van der Waals surface area contributed by atoms with Crippen molar-refractivity contribution in [3.63, 3.8) is 0 Å². The number of furan rings is 1. The third kappa shape index (κ3) is 8.51. The maximum atomic E-state index is 5.42. The summed E-state index contributed by atoms with van der Waals surface area (Å²) in [7, 11) is 0. The first-order valence-corrected chi connectivity index (χ1v) is 11.5. The van der Waals surface area contributed by atoms with Crippen LogP contribution < -0.4 is 10.6 Å². The topological polar surface area (TPSA) is 62.0 Å². The second-order valence-corrected chi connectivity index (χ2v) is 8.44. The van der Waals surface area contributed by atoms with Gasteiger partial charge in [0.25, 0.3) is 0 Å². The monoisotopic (exact) mass is 522 g/mol. The van der Waals surface area contributed by atoms with Gasteiger partial charge in [-0.2, -0.15) is 11.8 Å². The molecule has 1 aromatic rings. The first kappa shape index (κ1) is 23.8. The number of ether oxygens (including phenoxy) is 1. The average molecular weight is 522 g/mol. The molecule has 3 rings (SSSR count). The SMILES string of the molecule is CSC1CCC(NC(=NCCCN2CCOCC2)NCCc2ccco2)C1.I. The van der Waals surface area contributed by atoms with Crippen molar-refractivity contribution < 1.29 is 9.15 Å². The van der Waals surface area contributed by atoms with Crippen LogP contribution in [0.1, 0.15) is 31.4 Å². The largest absolute Gasteiger partial charge is 0.469 e. The van der Waals surface area contributed by atoms with Gasteiger partial charge in [0, 0.05) is 50.4 Å². The van der Waals surface area contributed by atoms with Crippen molar-refractivity contribution >= 4 is 41.7 Å². The molecule has 1 aliphatic heterocycles. The summed E-state index contributed by atoms with van der Waals surface area (Å²) >= 11 is 1.99. The summed E-state index contributed by atoms with van der Waals surface area (Å²) in [5, 5.41) is 7.94. The number of nitrogens with one attached hydrogen (secondary N) is 2. The third-order valence-corrected chi connectivity index (χ3v) is 6.40. The predicted octanol–water partition coefficient (Wildman–Crippen LogP) is 2.98. The van der Waals surface area contributed by atoms with Crippen LogP contribution in [0.3, 0.4) is 0 Å². The van der Waals surface area contributed by atoms with Gasteiger partial charge in [0.15, 0.2) is 5.96 Å². The molecule has 0 spiro atoms. The Labute approximate surface area is 190 Å². The van der Waals surface area contributed by atoms with E-state index in [1.807, 2.05) is 23.9 Å². The molecule has 2 heterocycles. The van der Waals surface area contributed by atoms with E-state index in [2.05, 4.69) is 21.8 Å². The number of hydrogen-bond donors (Lipinski definition) is 2. The minimum absolute atomic E-state index is 0. The van der Waals surface area contributed by atoms with Gasteiger partial charge in [0.1, 0.15) is 5.76 Å². The lowest BCUT2D eigenvalue weighted by Crippen LogP contribution is -2.43. The Kier molecular flexibility index (Phi) is 11.7. The Morgan fingerprint density at radius 3 is 2.89 bits per heavy atom. The zero-order valence-corrected chi connectivity index (χ0v) is 20.0. The molecule has 6 nitrogen and oxygen atoms in total. The highest BCUT2D eigenvalue weighted by Crippen LogP contribution is 2.28. The van der Waals surface area contributed by atoms with Gasteiger partial charge in [-0.15, -0.1) is 24.0 Å². The fraction of sp³-hybridized carbons (Fsp3) is 0.750. The van der Waals surface area contributed by atoms with Crippen molar-refractivity contribution in [2.24, 2.45) is 4.99 Å². The summed E-state index contributed by atoms with van der Waals surface area (Å²) < 4.78 is 10.8. The molecule has 1 aliphatic carbocycles. The van der Waals surface area contributed by atoms with E-state index in [1.165, 1.54) is 19.3 Å². The Morgan fingerprint density at radius 2 is 2.18 bits per heavy atom. The molecule has 1 aromatic heterocycles. The Balaban J connectivity index is 0.00000280. The summed E-state index contributed by atoms with van der Waals surface area (Å²) in [6.45, 7) is 6.62. The predicted molar refractivity (Wildman–Crippen MR) is 128 cm³/mol. The average Bonchev–Trinajstić information content (AvgIpc) is 3.37. The van der Waals surface area contributed by atoms with Crippen LogP contribution in [0.15, 0.2) is 27.8 Å². The second kappa shape index (κ2) is 13.7. The van der Waals surface area contributed by atoms with Crippen molar-refractivity contribution in [2.45, 2.75) is 43.4 Å². The van der Waals surface area contributed by atoms with Crippen LogP contribution in [-0.2, 0) is 11.2 Å². The van der Waals surface area contributed by atoms with Crippen LogP contribution in [0.25, 0.3) is 0 Å². The molecule has 160 valence electrons. The highest BCUT2D eigenvalue weighted by molar-refractivity contribution is 14.0. The molecule has 1 saturated heterocycles. The molecule has 0 aromatic carbocycles. The molecule has 1 saturated carbocycles. The molecule has 8 heteroatoms. The molecule has 2 atom stereocenters. The van der Waals surface area contributed by atoms with Crippen LogP contribution in [-0.4, -0.2) is 74.3 Å². The zero-order valence-electron chi connectivity index (χ0n) is 16.9. The van der Waals surface area contributed by atoms with E-state index in [4.69, 9.17) is 14.1 Å². The number of thioether (sulfide) groups is 1. The maximum absolute atomic E-state index is 5.42. The van der Waals surface area contributed by atoms with Crippen LogP contribution in [0.2, 0.25) is 0 Å². The molecule has 2 N–H and O–H groups in total. The third-order valence-electron chi connectivity index (χ3n) is 5.31. The van der Waals surface area contributed by atoms with E-state index in [-0.39, 0.29) is 24.0 Å². The number of guanidine groups is 1. The molecule has 2 aliphatic rings. The van der Waals surface area contributed by atoms with Gasteiger partial charge < -0.3 is 19.8 Å². The molecule has 0 amide bonds. The smallest absolute Gasteiger partial charge is 0.191 e. The first-order valence-electron chi connectivity index (χ1n) is 10.2. The van der Waals surface area contributed by atoms with Crippen molar-refractivity contribution in [3.8, 4) is 0 Å². The lowest BCUT2D eigenvalue weighted by Gasteiger charge is -2.26. The highest BCUT2D eigenvalue weighted by atomic mass is 127. The summed E-state index contributed by atoms with van der Waals surface area (Å²) in [4.78, 5) is 7.31. The van der Waals surface area contributed by atoms with Gasteiger partial charge in [-0.3, -0.25) is 9.89 Å². The van der Waals surface area contributed by atoms with Crippen molar-refractivity contribution in [1.82, 2.24) is 15.5 Å². The van der Waals surface area contributed by atoms with Crippen LogP contribution in [0.5, 0.6) is 0 Å². The van der Waals surface area contributed by atoms with E-state index < -0.39 is 0 Å². The summed E-state index contributed by atoms with van der Waals surface area (Å²) in [5.74, 6) is 1.97. The molecule has 28 heavy (non-hydrogen) atoms. The van der Waals surface area contributed by atoms with E-state index in [1.54, 1.807) is 6.26 Å². The van der Waals surface area contributed by atoms with E-state index >= 15 is 0 Å². The quantitative estimate of drug-likeness (QED) is 0.225. The summed E-state index contributed by atoms with van der Waals surface area (Å²) in [5.41, 5.74) is 0. The van der Waals surface area contributed by atoms with Gasteiger partial charge in [0.05, 0.1) is 19.5 Å². The number of rotatable bonds is 9. The standard InChI is InChI=1S/C20H34N4O2S.HI/c1-27-19-6-5-17(16-19)23-20(22-9-7-18-4-2-13-26-18)21-8-3-10-24-11-14-25-15-12-24;/h2,4,13,17,19H,3,5-12,14-16H2,1H3,(H2,21,22,23);1H. The lowest BCUT2D eigenvalue weighted by atomic mass is 10.2. The van der Waals surface area contributed by atoms with Gasteiger partial charge in [0.2, 0.25) is 0 Å². The van der Waals surface area contributed by atoms with E-state index in [0.29, 0.717) is 6.04 Å². The molecule has 2 fully saturated rings. The number of morpholine rings is 1. The maximum Gasteiger partial charge on any atom is 0.191 e. The minimum atomic E-state index is 0. The van der Waals surface area contributed by atoms with Crippen LogP contribution >= 0.6 is 35.7 Å². The molecule has 0 radical (unpaired) electrons. The molecular formula is C20H35IN4O2S. The summed E-state index contributed by atoms with van der Waals surface area (Å²) in [6, 6.07) is 4.50. The van der Waals surface area contributed by atoms with Crippen molar-refractivity contribution in [3.05, 3.63) is 24.2 Å². The van der Waals surface area contributed by atoms with E-state index in [0.717, 1.165) is 75.7 Å². The molecule has 0 bridgehead atoms. The lowest BCUT2D eigenvalue weighted by molar-refractivity contribution is 0.0377. The van der Waals surface area contributed by atoms with Crippen molar-refractivity contribution in [1.29, 1.82) is 0 Å². The van der Waals surface area contributed by atoms with Gasteiger partial charge >= 0.3 is 0 Å². The Morgan fingerprint density at radius 1 is 1.32 bits per heavy atom. The van der Waals surface area contributed by atoms with Gasteiger partial charge in [-0.05, 0) is 44.1 Å². The normalized spacial score (nSPS) is 23.4. The number of aliphatic imine (C=N–C) groups is 1. The first-order chi connectivity index (χ1) is 13.3. The van der Waals surface area contributed by atoms with Gasteiger partial charge in [-0.25, -0.2) is 0 Å². The number of halogens is 1. The Hall–Kier alpha value is -0.450. The molecular weight excluding hydrogens is 487 g/mol.